The number of carbonyl (C=O) groups is 2. The number of hydrogen-bond donors (Lipinski definition) is 2. The molecule has 0 saturated carbocycles. The molecule has 0 saturated heterocycles. The number of rotatable bonds is 4. The average Bonchev–Trinajstić information content (AvgIpc) is 3.05. The van der Waals surface area contributed by atoms with E-state index in [1.165, 1.54) is 23.0 Å². The highest BCUT2D eigenvalue weighted by molar-refractivity contribution is 9.10. The van der Waals surface area contributed by atoms with Crippen LogP contribution >= 0.6 is 39.1 Å². The highest BCUT2D eigenvalue weighted by Gasteiger charge is 2.22. The molecule has 144 valence electrons. The maximum atomic E-state index is 13.0. The van der Waals surface area contributed by atoms with Gasteiger partial charge in [0.15, 0.2) is 5.82 Å². The van der Waals surface area contributed by atoms with Gasteiger partial charge in [-0.3, -0.25) is 9.59 Å². The van der Waals surface area contributed by atoms with Gasteiger partial charge in [-0.1, -0.05) is 23.2 Å². The van der Waals surface area contributed by atoms with Crippen LogP contribution in [0.2, 0.25) is 10.0 Å². The molecule has 0 aliphatic rings. The summed E-state index contributed by atoms with van der Waals surface area (Å²) in [5.41, 5.74) is 1.17. The molecule has 1 aromatic carbocycles. The van der Waals surface area contributed by atoms with E-state index in [-0.39, 0.29) is 29.8 Å². The van der Waals surface area contributed by atoms with Crippen molar-refractivity contribution in [3.63, 3.8) is 0 Å². The largest absolute Gasteiger partial charge is 0.355 e. The molecule has 7 nitrogen and oxygen atoms in total. The Hall–Kier alpha value is -2.42. The molecule has 2 heterocycles. The summed E-state index contributed by atoms with van der Waals surface area (Å²) in [6.45, 7) is 1.71. The Morgan fingerprint density at radius 3 is 2.75 bits per heavy atom. The molecule has 3 aromatic rings. The quantitative estimate of drug-likeness (QED) is 0.580. The van der Waals surface area contributed by atoms with Crippen molar-refractivity contribution in [1.82, 2.24) is 20.1 Å². The van der Waals surface area contributed by atoms with Gasteiger partial charge in [-0.15, -0.1) is 0 Å². The van der Waals surface area contributed by atoms with Gasteiger partial charge in [0.1, 0.15) is 10.3 Å². The molecule has 0 unspecified atom stereocenters. The van der Waals surface area contributed by atoms with Crippen LogP contribution in [0.15, 0.2) is 41.1 Å². The van der Waals surface area contributed by atoms with Crippen molar-refractivity contribution >= 4 is 56.6 Å². The van der Waals surface area contributed by atoms with Crippen LogP contribution in [0.1, 0.15) is 27.8 Å². The Balaban J connectivity index is 2.03. The number of halogens is 3. The number of nitrogens with zero attached hydrogens (tertiary/aromatic N) is 3. The minimum Gasteiger partial charge on any atom is -0.355 e. The molecule has 3 rings (SSSR count). The Bertz CT molecular complexity index is 1110. The number of pyridine rings is 1. The summed E-state index contributed by atoms with van der Waals surface area (Å²) in [5, 5.41) is 10.00. The maximum Gasteiger partial charge on any atom is 0.274 e. The van der Waals surface area contributed by atoms with E-state index in [0.29, 0.717) is 20.2 Å². The van der Waals surface area contributed by atoms with E-state index in [4.69, 9.17) is 24.6 Å². The van der Waals surface area contributed by atoms with Crippen molar-refractivity contribution < 1.29 is 11.0 Å². The maximum absolute atomic E-state index is 13.0. The first-order valence-electron chi connectivity index (χ1n) is 8.58. The first-order valence-corrected chi connectivity index (χ1v) is 9.42. The highest BCUT2D eigenvalue weighted by Crippen LogP contribution is 2.27. The van der Waals surface area contributed by atoms with Crippen molar-refractivity contribution in [2.45, 2.75) is 6.92 Å². The van der Waals surface area contributed by atoms with Gasteiger partial charge in [-0.2, -0.15) is 5.10 Å². The zero-order valence-corrected chi connectivity index (χ0v) is 17.6. The normalized spacial score (nSPS) is 11.1. The van der Waals surface area contributed by atoms with E-state index >= 15 is 0 Å². The number of anilines is 1. The monoisotopic (exact) mass is 482 g/mol. The predicted octanol–water partition coefficient (Wildman–Crippen LogP) is 4.26. The molecular weight excluding hydrogens is 469 g/mol. The molecule has 28 heavy (non-hydrogen) atoms. The second kappa shape index (κ2) is 8.30. The van der Waals surface area contributed by atoms with Gasteiger partial charge >= 0.3 is 0 Å². The smallest absolute Gasteiger partial charge is 0.274 e. The lowest BCUT2D eigenvalue weighted by molar-refractivity contribution is 0.0964. The summed E-state index contributed by atoms with van der Waals surface area (Å²) in [7, 11) is -0.310. The van der Waals surface area contributed by atoms with Crippen LogP contribution in [0.4, 0.5) is 5.69 Å². The van der Waals surface area contributed by atoms with Crippen molar-refractivity contribution in [3.05, 3.63) is 68.0 Å². The Labute approximate surface area is 180 Å². The molecule has 0 radical (unpaired) electrons. The van der Waals surface area contributed by atoms with Gasteiger partial charge in [0.05, 0.1) is 16.3 Å². The van der Waals surface area contributed by atoms with Crippen molar-refractivity contribution in [3.8, 4) is 5.82 Å². The van der Waals surface area contributed by atoms with Gasteiger partial charge in [0, 0.05) is 25.7 Å². The van der Waals surface area contributed by atoms with E-state index in [1.807, 2.05) is 0 Å². The molecule has 0 bridgehead atoms. The van der Waals surface area contributed by atoms with E-state index < -0.39 is 11.8 Å². The van der Waals surface area contributed by atoms with Gasteiger partial charge < -0.3 is 10.6 Å². The van der Waals surface area contributed by atoms with Crippen LogP contribution in [-0.4, -0.2) is 33.6 Å². The second-order valence-electron chi connectivity index (χ2n) is 5.68. The van der Waals surface area contributed by atoms with Crippen LogP contribution in [0, 0.1) is 6.92 Å². The summed E-state index contributed by atoms with van der Waals surface area (Å²) in [6, 6.07) is 7.86. The topological polar surface area (TPSA) is 88.9 Å². The van der Waals surface area contributed by atoms with Gasteiger partial charge in [0.25, 0.3) is 11.8 Å². The standard InChI is InChI=1S/C18H14BrCl2N5O2/c1-9-6-10(20)7-11(17(27)22-2)15(9)24-18(28)13-8-14(19)25-26(13)16-12(21)4-3-5-23-16/h3-8H,1-2H3,(H,22,27)(H,24,28)/i2D. The third kappa shape index (κ3) is 4.04. The fraction of sp³-hybridized carbons (Fsp3) is 0.111. The number of hydrogen-bond acceptors (Lipinski definition) is 4. The molecule has 0 aliphatic carbocycles. The van der Waals surface area contributed by atoms with Crippen LogP contribution in [0.3, 0.4) is 0 Å². The predicted molar refractivity (Wildman–Crippen MR) is 112 cm³/mol. The van der Waals surface area contributed by atoms with Crippen LogP contribution in [-0.2, 0) is 0 Å². The van der Waals surface area contributed by atoms with Gasteiger partial charge in [-0.25, -0.2) is 9.67 Å². The van der Waals surface area contributed by atoms with E-state index in [2.05, 4.69) is 36.6 Å². The van der Waals surface area contributed by atoms with E-state index in [1.54, 1.807) is 25.1 Å². The lowest BCUT2D eigenvalue weighted by atomic mass is 10.1. The Kier molecular flexibility index (Phi) is 5.61. The third-order valence-corrected chi connectivity index (χ3v) is 4.70. The highest BCUT2D eigenvalue weighted by atomic mass is 79.9. The van der Waals surface area contributed by atoms with Crippen LogP contribution in [0.25, 0.3) is 5.82 Å². The number of nitrogens with one attached hydrogen (secondary N) is 2. The van der Waals surface area contributed by atoms with E-state index in [9.17, 15) is 9.59 Å². The number of amides is 2. The van der Waals surface area contributed by atoms with Crippen LogP contribution < -0.4 is 10.6 Å². The van der Waals surface area contributed by atoms with Gasteiger partial charge in [0.2, 0.25) is 0 Å². The number of aryl methyl sites for hydroxylation is 1. The number of benzene rings is 1. The van der Waals surface area contributed by atoms with Crippen LogP contribution in [0.5, 0.6) is 0 Å². The summed E-state index contributed by atoms with van der Waals surface area (Å²) >= 11 is 15.5. The lowest BCUT2D eigenvalue weighted by Crippen LogP contribution is -2.23. The lowest BCUT2D eigenvalue weighted by Gasteiger charge is -2.14. The SMILES string of the molecule is [2H]CNC(=O)c1cc(Cl)cc(C)c1NC(=O)c1cc(Br)nn1-c1ncccc1Cl. The molecule has 2 amide bonds. The second-order valence-corrected chi connectivity index (χ2v) is 7.33. The first-order chi connectivity index (χ1) is 13.8. The minimum absolute atomic E-state index is 0.150. The number of aromatic nitrogens is 3. The first kappa shape index (κ1) is 18.9. The summed E-state index contributed by atoms with van der Waals surface area (Å²) < 4.78 is 8.90. The van der Waals surface area contributed by atoms with Crippen molar-refractivity contribution in [1.29, 1.82) is 0 Å². The third-order valence-electron chi connectivity index (χ3n) is 3.80. The average molecular weight is 484 g/mol. The molecule has 0 spiro atoms. The molecule has 0 atom stereocenters. The molecule has 0 fully saturated rings. The Morgan fingerprint density at radius 1 is 1.25 bits per heavy atom. The summed E-state index contributed by atoms with van der Waals surface area (Å²) in [4.78, 5) is 29.5. The molecule has 10 heteroatoms. The zero-order chi connectivity index (χ0) is 21.1. The minimum atomic E-state index is -0.532. The molecule has 0 aliphatic heterocycles. The van der Waals surface area contributed by atoms with Gasteiger partial charge in [-0.05, 0) is 52.7 Å². The number of carbonyl (C=O) groups excluding carboxylic acids is 2. The van der Waals surface area contributed by atoms with Crippen molar-refractivity contribution in [2.24, 2.45) is 0 Å². The van der Waals surface area contributed by atoms with E-state index in [0.717, 1.165) is 0 Å². The summed E-state index contributed by atoms with van der Waals surface area (Å²) in [5.74, 6) is -0.774. The zero-order valence-electron chi connectivity index (χ0n) is 15.5. The molecule has 2 aromatic heterocycles. The van der Waals surface area contributed by atoms with Crippen molar-refractivity contribution in [2.75, 3.05) is 12.3 Å². The molecule has 2 N–H and O–H groups in total. The fourth-order valence-corrected chi connectivity index (χ4v) is 3.42. The summed E-state index contributed by atoms with van der Waals surface area (Å²) in [6.07, 6.45) is 1.53. The fourth-order valence-electron chi connectivity index (χ4n) is 2.57. The molecular formula is C18H14BrCl2N5O2. The Morgan fingerprint density at radius 2 is 2.04 bits per heavy atom.